The van der Waals surface area contributed by atoms with E-state index in [1.807, 2.05) is 0 Å². The Morgan fingerprint density at radius 1 is 1.21 bits per heavy atom. The Balaban J connectivity index is 2.80. The number of allylic oxidation sites excluding steroid dienone is 1. The molecular weight excluding hydrogens is 172 g/mol. The van der Waals surface area contributed by atoms with Gasteiger partial charge in [-0.2, -0.15) is 10.5 Å². The Bertz CT molecular complexity index is 260. The molecule has 2 nitrogen and oxygen atoms in total. The summed E-state index contributed by atoms with van der Waals surface area (Å²) in [7, 11) is 0. The van der Waals surface area contributed by atoms with Crippen LogP contribution in [-0.2, 0) is 0 Å². The van der Waals surface area contributed by atoms with E-state index >= 15 is 0 Å². The SMILES string of the molecule is C=CCC(C#N)(C#N)C1CCCCC1. The first-order valence-corrected chi connectivity index (χ1v) is 5.22. The molecule has 1 aliphatic rings. The highest BCUT2D eigenvalue weighted by Gasteiger charge is 2.38. The van der Waals surface area contributed by atoms with Gasteiger partial charge >= 0.3 is 0 Å². The lowest BCUT2D eigenvalue weighted by Gasteiger charge is -2.31. The lowest BCUT2D eigenvalue weighted by Crippen LogP contribution is -2.28. The van der Waals surface area contributed by atoms with Gasteiger partial charge in [-0.15, -0.1) is 6.58 Å². The minimum absolute atomic E-state index is 0.254. The molecule has 0 spiro atoms. The quantitative estimate of drug-likeness (QED) is 0.638. The van der Waals surface area contributed by atoms with E-state index in [4.69, 9.17) is 10.5 Å². The Hall–Kier alpha value is -1.28. The Morgan fingerprint density at radius 2 is 1.79 bits per heavy atom. The van der Waals surface area contributed by atoms with Gasteiger partial charge in [0.15, 0.2) is 0 Å². The monoisotopic (exact) mass is 188 g/mol. The molecule has 0 aromatic heterocycles. The van der Waals surface area contributed by atoms with Gasteiger partial charge in [-0.05, 0) is 25.2 Å². The van der Waals surface area contributed by atoms with E-state index in [0.717, 1.165) is 25.7 Å². The molecule has 1 fully saturated rings. The molecule has 0 N–H and O–H groups in total. The number of rotatable bonds is 3. The number of nitrogens with zero attached hydrogens (tertiary/aromatic N) is 2. The molecule has 0 unspecified atom stereocenters. The highest BCUT2D eigenvalue weighted by molar-refractivity contribution is 5.18. The van der Waals surface area contributed by atoms with E-state index in [1.54, 1.807) is 6.08 Å². The predicted molar refractivity (Wildman–Crippen MR) is 55.0 cm³/mol. The van der Waals surface area contributed by atoms with Crippen molar-refractivity contribution >= 4 is 0 Å². The zero-order chi connectivity index (χ0) is 10.4. The van der Waals surface area contributed by atoms with Crippen LogP contribution in [0.5, 0.6) is 0 Å². The second kappa shape index (κ2) is 4.82. The van der Waals surface area contributed by atoms with E-state index in [2.05, 4.69) is 18.7 Å². The van der Waals surface area contributed by atoms with E-state index in [0.29, 0.717) is 6.42 Å². The predicted octanol–water partition coefficient (Wildman–Crippen LogP) is 3.18. The van der Waals surface area contributed by atoms with Crippen molar-refractivity contribution in [2.75, 3.05) is 0 Å². The Labute approximate surface area is 85.8 Å². The Morgan fingerprint density at radius 3 is 2.21 bits per heavy atom. The van der Waals surface area contributed by atoms with Crippen molar-refractivity contribution in [2.24, 2.45) is 11.3 Å². The van der Waals surface area contributed by atoms with Gasteiger partial charge in [0.05, 0.1) is 12.1 Å². The summed E-state index contributed by atoms with van der Waals surface area (Å²) < 4.78 is 0. The molecule has 0 atom stereocenters. The van der Waals surface area contributed by atoms with E-state index < -0.39 is 5.41 Å². The lowest BCUT2D eigenvalue weighted by atomic mass is 9.69. The van der Waals surface area contributed by atoms with Crippen LogP contribution in [0, 0.1) is 34.0 Å². The minimum Gasteiger partial charge on any atom is -0.197 e. The van der Waals surface area contributed by atoms with Crippen molar-refractivity contribution in [1.82, 2.24) is 0 Å². The smallest absolute Gasteiger partial charge is 0.150 e. The lowest BCUT2D eigenvalue weighted by molar-refractivity contribution is 0.235. The van der Waals surface area contributed by atoms with Gasteiger partial charge < -0.3 is 0 Å². The third-order valence-electron chi connectivity index (χ3n) is 3.17. The molecule has 0 aromatic carbocycles. The number of nitriles is 2. The standard InChI is InChI=1S/C12H16N2/c1-2-8-12(9-13,10-14)11-6-4-3-5-7-11/h2,11H,1,3-8H2. The van der Waals surface area contributed by atoms with Crippen molar-refractivity contribution in [2.45, 2.75) is 38.5 Å². The molecule has 1 aliphatic carbocycles. The highest BCUT2D eigenvalue weighted by atomic mass is 14.5. The third kappa shape index (κ3) is 1.96. The second-order valence-electron chi connectivity index (χ2n) is 4.02. The molecule has 2 heteroatoms. The first-order chi connectivity index (χ1) is 6.79. The van der Waals surface area contributed by atoms with Crippen LogP contribution in [0.2, 0.25) is 0 Å². The van der Waals surface area contributed by atoms with Gasteiger partial charge in [0, 0.05) is 0 Å². The second-order valence-corrected chi connectivity index (χ2v) is 4.02. The average Bonchev–Trinajstić information content (AvgIpc) is 2.27. The summed E-state index contributed by atoms with van der Waals surface area (Å²) in [4.78, 5) is 0. The van der Waals surface area contributed by atoms with Gasteiger partial charge in [0.2, 0.25) is 0 Å². The normalized spacial score (nSPS) is 18.1. The first-order valence-electron chi connectivity index (χ1n) is 5.22. The zero-order valence-electron chi connectivity index (χ0n) is 8.50. The zero-order valence-corrected chi connectivity index (χ0v) is 8.50. The third-order valence-corrected chi connectivity index (χ3v) is 3.17. The average molecular weight is 188 g/mol. The molecule has 0 radical (unpaired) electrons. The summed E-state index contributed by atoms with van der Waals surface area (Å²) in [6.45, 7) is 3.63. The fraction of sp³-hybridized carbons (Fsp3) is 0.667. The van der Waals surface area contributed by atoms with Gasteiger partial charge in [-0.3, -0.25) is 0 Å². The molecule has 1 rings (SSSR count). The van der Waals surface area contributed by atoms with E-state index in [1.165, 1.54) is 6.42 Å². The molecule has 0 bridgehead atoms. The Kier molecular flexibility index (Phi) is 3.72. The van der Waals surface area contributed by atoms with Gasteiger partial charge in [-0.1, -0.05) is 25.3 Å². The summed E-state index contributed by atoms with van der Waals surface area (Å²) in [5.74, 6) is 0.254. The summed E-state index contributed by atoms with van der Waals surface area (Å²) in [5, 5.41) is 18.3. The van der Waals surface area contributed by atoms with Gasteiger partial charge in [0.1, 0.15) is 5.41 Å². The van der Waals surface area contributed by atoms with Crippen LogP contribution in [0.25, 0.3) is 0 Å². The molecule has 0 heterocycles. The topological polar surface area (TPSA) is 47.6 Å². The maximum absolute atomic E-state index is 9.14. The van der Waals surface area contributed by atoms with Crippen molar-refractivity contribution < 1.29 is 0 Å². The molecular formula is C12H16N2. The van der Waals surface area contributed by atoms with Crippen LogP contribution in [0.15, 0.2) is 12.7 Å². The van der Waals surface area contributed by atoms with E-state index in [9.17, 15) is 0 Å². The fourth-order valence-electron chi connectivity index (χ4n) is 2.29. The molecule has 14 heavy (non-hydrogen) atoms. The summed E-state index contributed by atoms with van der Waals surface area (Å²) in [5.41, 5.74) is -0.803. The van der Waals surface area contributed by atoms with Gasteiger partial charge in [0.25, 0.3) is 0 Å². The largest absolute Gasteiger partial charge is 0.197 e. The number of hydrogen-bond acceptors (Lipinski definition) is 2. The van der Waals surface area contributed by atoms with Crippen LogP contribution in [0.4, 0.5) is 0 Å². The van der Waals surface area contributed by atoms with E-state index in [-0.39, 0.29) is 5.92 Å². The molecule has 0 aliphatic heterocycles. The van der Waals surface area contributed by atoms with Crippen molar-refractivity contribution in [1.29, 1.82) is 10.5 Å². The van der Waals surface area contributed by atoms with Crippen LogP contribution >= 0.6 is 0 Å². The van der Waals surface area contributed by atoms with Crippen LogP contribution in [-0.4, -0.2) is 0 Å². The number of hydrogen-bond donors (Lipinski definition) is 0. The first kappa shape index (κ1) is 10.8. The summed E-state index contributed by atoms with van der Waals surface area (Å²) in [6, 6.07) is 4.41. The molecule has 74 valence electrons. The van der Waals surface area contributed by atoms with Crippen LogP contribution < -0.4 is 0 Å². The van der Waals surface area contributed by atoms with Crippen LogP contribution in [0.1, 0.15) is 38.5 Å². The van der Waals surface area contributed by atoms with Crippen molar-refractivity contribution in [3.8, 4) is 12.1 Å². The minimum atomic E-state index is -0.803. The van der Waals surface area contributed by atoms with Crippen LogP contribution in [0.3, 0.4) is 0 Å². The summed E-state index contributed by atoms with van der Waals surface area (Å²) in [6.07, 6.45) is 7.81. The fourth-order valence-corrected chi connectivity index (χ4v) is 2.29. The molecule has 1 saturated carbocycles. The maximum Gasteiger partial charge on any atom is 0.150 e. The maximum atomic E-state index is 9.14. The van der Waals surface area contributed by atoms with Crippen molar-refractivity contribution in [3.05, 3.63) is 12.7 Å². The molecule has 0 saturated heterocycles. The molecule has 0 amide bonds. The van der Waals surface area contributed by atoms with Crippen molar-refractivity contribution in [3.63, 3.8) is 0 Å². The molecule has 0 aromatic rings. The summed E-state index contributed by atoms with van der Waals surface area (Å²) >= 11 is 0. The highest BCUT2D eigenvalue weighted by Crippen LogP contribution is 2.40. The van der Waals surface area contributed by atoms with Gasteiger partial charge in [-0.25, -0.2) is 0 Å².